The van der Waals surface area contributed by atoms with Crippen molar-refractivity contribution >= 4 is 0 Å². The van der Waals surface area contributed by atoms with Gasteiger partial charge in [0, 0.05) is 12.6 Å². The number of nitrogens with zero attached hydrogens (tertiary/aromatic N) is 1. The molecule has 0 bridgehead atoms. The number of likely N-dealkylation sites (tertiary alicyclic amines) is 1. The average Bonchev–Trinajstić information content (AvgIpc) is 2.73. The van der Waals surface area contributed by atoms with E-state index in [1.165, 1.54) is 64.3 Å². The molecule has 0 saturated carbocycles. The second-order valence-corrected chi connectivity index (χ2v) is 5.06. The van der Waals surface area contributed by atoms with E-state index < -0.39 is 0 Å². The van der Waals surface area contributed by atoms with E-state index in [2.05, 4.69) is 31.0 Å². The first kappa shape index (κ1) is 13.6. The lowest BCUT2D eigenvalue weighted by Gasteiger charge is -2.22. The van der Waals surface area contributed by atoms with E-state index in [0.717, 1.165) is 6.04 Å². The number of allylic oxidation sites excluding steroid dienone is 1. The highest BCUT2D eigenvalue weighted by Gasteiger charge is 2.20. The Balaban J connectivity index is 2.20. The Morgan fingerprint density at radius 1 is 1.12 bits per heavy atom. The van der Waals surface area contributed by atoms with Crippen molar-refractivity contribution in [2.75, 3.05) is 6.54 Å². The molecule has 0 aromatic heterocycles. The van der Waals surface area contributed by atoms with E-state index in [9.17, 15) is 0 Å². The van der Waals surface area contributed by atoms with Gasteiger partial charge in [0.05, 0.1) is 0 Å². The van der Waals surface area contributed by atoms with Crippen molar-refractivity contribution in [3.63, 3.8) is 0 Å². The summed E-state index contributed by atoms with van der Waals surface area (Å²) < 4.78 is 0. The van der Waals surface area contributed by atoms with Gasteiger partial charge in [-0.05, 0) is 31.9 Å². The number of hydrogen-bond acceptors (Lipinski definition) is 1. The molecule has 0 amide bonds. The maximum absolute atomic E-state index is 2.59. The Labute approximate surface area is 102 Å². The highest BCUT2D eigenvalue weighted by atomic mass is 15.2. The molecule has 94 valence electrons. The fourth-order valence-corrected chi connectivity index (χ4v) is 2.53. The van der Waals surface area contributed by atoms with Gasteiger partial charge in [-0.2, -0.15) is 0 Å². The van der Waals surface area contributed by atoms with Crippen LogP contribution < -0.4 is 0 Å². The molecule has 1 rings (SSSR count). The van der Waals surface area contributed by atoms with Crippen LogP contribution in [0.15, 0.2) is 12.3 Å². The summed E-state index contributed by atoms with van der Waals surface area (Å²) in [5.74, 6) is 0. The summed E-state index contributed by atoms with van der Waals surface area (Å²) in [5, 5.41) is 0. The standard InChI is InChI=1S/C15H29N/c1-3-5-7-9-13-16-14-10-12-15(16)11-8-6-4-2/h9,13,15H,3-8,10-12,14H2,1-2H3. The summed E-state index contributed by atoms with van der Waals surface area (Å²) >= 11 is 0. The van der Waals surface area contributed by atoms with Crippen molar-refractivity contribution in [1.29, 1.82) is 0 Å². The van der Waals surface area contributed by atoms with Crippen molar-refractivity contribution in [1.82, 2.24) is 4.90 Å². The molecule has 1 aliphatic heterocycles. The van der Waals surface area contributed by atoms with Crippen molar-refractivity contribution in [3.05, 3.63) is 12.3 Å². The molecule has 1 saturated heterocycles. The molecule has 1 heterocycles. The minimum absolute atomic E-state index is 0.851. The van der Waals surface area contributed by atoms with Gasteiger partial charge in [0.25, 0.3) is 0 Å². The fourth-order valence-electron chi connectivity index (χ4n) is 2.53. The van der Waals surface area contributed by atoms with Crippen LogP contribution in [0, 0.1) is 0 Å². The van der Waals surface area contributed by atoms with Gasteiger partial charge in [-0.3, -0.25) is 0 Å². The van der Waals surface area contributed by atoms with Gasteiger partial charge < -0.3 is 4.90 Å². The van der Waals surface area contributed by atoms with Gasteiger partial charge in [-0.15, -0.1) is 0 Å². The molecule has 0 N–H and O–H groups in total. The van der Waals surface area contributed by atoms with Gasteiger partial charge in [-0.1, -0.05) is 52.0 Å². The van der Waals surface area contributed by atoms with E-state index >= 15 is 0 Å². The zero-order valence-corrected chi connectivity index (χ0v) is 11.3. The van der Waals surface area contributed by atoms with Crippen LogP contribution in [0.3, 0.4) is 0 Å². The Morgan fingerprint density at radius 3 is 2.69 bits per heavy atom. The maximum Gasteiger partial charge on any atom is 0.0284 e. The molecular weight excluding hydrogens is 194 g/mol. The van der Waals surface area contributed by atoms with Gasteiger partial charge in [-0.25, -0.2) is 0 Å². The van der Waals surface area contributed by atoms with E-state index in [4.69, 9.17) is 0 Å². The predicted octanol–water partition coefficient (Wildman–Crippen LogP) is 4.74. The lowest BCUT2D eigenvalue weighted by molar-refractivity contribution is 0.323. The number of hydrogen-bond donors (Lipinski definition) is 0. The molecule has 16 heavy (non-hydrogen) atoms. The molecule has 0 aromatic carbocycles. The lowest BCUT2D eigenvalue weighted by atomic mass is 10.1. The molecule has 1 atom stereocenters. The molecule has 0 aromatic rings. The minimum Gasteiger partial charge on any atom is -0.375 e. The summed E-state index contributed by atoms with van der Waals surface area (Å²) in [7, 11) is 0. The van der Waals surface area contributed by atoms with E-state index in [0.29, 0.717) is 0 Å². The molecule has 0 aliphatic carbocycles. The van der Waals surface area contributed by atoms with Crippen LogP contribution in [0.4, 0.5) is 0 Å². The second-order valence-electron chi connectivity index (χ2n) is 5.06. The summed E-state index contributed by atoms with van der Waals surface area (Å²) in [5.41, 5.74) is 0. The quantitative estimate of drug-likeness (QED) is 0.537. The van der Waals surface area contributed by atoms with Crippen LogP contribution in [0.5, 0.6) is 0 Å². The molecule has 1 fully saturated rings. The van der Waals surface area contributed by atoms with Crippen molar-refractivity contribution < 1.29 is 0 Å². The molecular formula is C15H29N. The van der Waals surface area contributed by atoms with Crippen LogP contribution in [0.1, 0.15) is 71.6 Å². The third-order valence-electron chi connectivity index (χ3n) is 3.58. The van der Waals surface area contributed by atoms with Crippen LogP contribution in [-0.4, -0.2) is 17.5 Å². The maximum atomic E-state index is 2.59. The monoisotopic (exact) mass is 223 g/mol. The Bertz CT molecular complexity index is 186. The Morgan fingerprint density at radius 2 is 1.94 bits per heavy atom. The Kier molecular flexibility index (Phi) is 7.37. The smallest absolute Gasteiger partial charge is 0.0284 e. The first-order chi connectivity index (χ1) is 7.88. The lowest BCUT2D eigenvalue weighted by Crippen LogP contribution is -2.23. The molecule has 1 heteroatoms. The first-order valence-corrected chi connectivity index (χ1v) is 7.30. The third kappa shape index (κ3) is 5.05. The van der Waals surface area contributed by atoms with E-state index in [1.807, 2.05) is 0 Å². The van der Waals surface area contributed by atoms with Gasteiger partial charge in [0.2, 0.25) is 0 Å². The Hall–Kier alpha value is -0.460. The van der Waals surface area contributed by atoms with Crippen molar-refractivity contribution in [2.24, 2.45) is 0 Å². The minimum atomic E-state index is 0.851. The largest absolute Gasteiger partial charge is 0.375 e. The summed E-state index contributed by atoms with van der Waals surface area (Å²) in [6.45, 7) is 5.84. The first-order valence-electron chi connectivity index (χ1n) is 7.30. The summed E-state index contributed by atoms with van der Waals surface area (Å²) in [6, 6.07) is 0.851. The molecule has 1 aliphatic rings. The summed E-state index contributed by atoms with van der Waals surface area (Å²) in [6.07, 6.45) is 17.1. The van der Waals surface area contributed by atoms with Gasteiger partial charge in [0.15, 0.2) is 0 Å². The molecule has 0 radical (unpaired) electrons. The average molecular weight is 223 g/mol. The highest BCUT2D eigenvalue weighted by Crippen LogP contribution is 2.22. The zero-order chi connectivity index (χ0) is 11.6. The number of unbranched alkanes of at least 4 members (excludes halogenated alkanes) is 4. The fraction of sp³-hybridized carbons (Fsp3) is 0.867. The second kappa shape index (κ2) is 8.66. The molecule has 1 nitrogen and oxygen atoms in total. The van der Waals surface area contributed by atoms with E-state index in [1.54, 1.807) is 0 Å². The van der Waals surface area contributed by atoms with Crippen molar-refractivity contribution in [2.45, 2.75) is 77.7 Å². The van der Waals surface area contributed by atoms with Crippen molar-refractivity contribution in [3.8, 4) is 0 Å². The van der Waals surface area contributed by atoms with Crippen LogP contribution in [0.2, 0.25) is 0 Å². The third-order valence-corrected chi connectivity index (χ3v) is 3.58. The van der Waals surface area contributed by atoms with Crippen LogP contribution >= 0.6 is 0 Å². The highest BCUT2D eigenvalue weighted by molar-refractivity contribution is 4.90. The van der Waals surface area contributed by atoms with Gasteiger partial charge >= 0.3 is 0 Å². The van der Waals surface area contributed by atoms with Gasteiger partial charge in [0.1, 0.15) is 0 Å². The number of rotatable bonds is 8. The van der Waals surface area contributed by atoms with Crippen LogP contribution in [0.25, 0.3) is 0 Å². The SMILES string of the molecule is CCCCC=CN1CCCC1CCCCC. The topological polar surface area (TPSA) is 3.24 Å². The molecule has 0 spiro atoms. The van der Waals surface area contributed by atoms with Crippen LogP contribution in [-0.2, 0) is 0 Å². The molecule has 1 unspecified atom stereocenters. The predicted molar refractivity (Wildman–Crippen MR) is 72.5 cm³/mol. The van der Waals surface area contributed by atoms with E-state index in [-0.39, 0.29) is 0 Å². The summed E-state index contributed by atoms with van der Waals surface area (Å²) in [4.78, 5) is 2.59. The normalized spacial score (nSPS) is 21.1. The zero-order valence-electron chi connectivity index (χ0n) is 11.3.